The molecule has 17 heavy (non-hydrogen) atoms. The first-order valence-corrected chi connectivity index (χ1v) is 7.87. The van der Waals surface area contributed by atoms with Crippen molar-refractivity contribution in [1.29, 1.82) is 0 Å². The van der Waals surface area contributed by atoms with Gasteiger partial charge in [-0.3, -0.25) is 0 Å². The molecule has 0 spiro atoms. The summed E-state index contributed by atoms with van der Waals surface area (Å²) in [5.41, 5.74) is 2.36. The van der Waals surface area contributed by atoms with E-state index in [9.17, 15) is 4.39 Å². The van der Waals surface area contributed by atoms with Crippen molar-refractivity contribution in [3.8, 4) is 0 Å². The summed E-state index contributed by atoms with van der Waals surface area (Å²) in [6.07, 6.45) is 0. The Morgan fingerprint density at radius 2 is 2.29 bits per heavy atom. The van der Waals surface area contributed by atoms with Gasteiger partial charge in [0.1, 0.15) is 5.82 Å². The molecule has 1 aromatic rings. The average molecular weight is 318 g/mol. The summed E-state index contributed by atoms with van der Waals surface area (Å²) in [5, 5.41) is 3.52. The van der Waals surface area contributed by atoms with Crippen LogP contribution in [0.3, 0.4) is 0 Å². The van der Waals surface area contributed by atoms with Crippen molar-refractivity contribution in [1.82, 2.24) is 5.32 Å². The van der Waals surface area contributed by atoms with Crippen LogP contribution in [0.15, 0.2) is 16.6 Å². The molecule has 2 atom stereocenters. The Balaban J connectivity index is 2.47. The third-order valence-electron chi connectivity index (χ3n) is 3.19. The highest BCUT2D eigenvalue weighted by Crippen LogP contribution is 2.38. The predicted molar refractivity (Wildman–Crippen MR) is 75.8 cm³/mol. The average Bonchev–Trinajstić information content (AvgIpc) is 2.46. The molecule has 0 aliphatic carbocycles. The number of halogens is 2. The number of hydrogen-bond donors (Lipinski definition) is 1. The van der Waals surface area contributed by atoms with Gasteiger partial charge in [-0.25, -0.2) is 4.39 Å². The quantitative estimate of drug-likeness (QED) is 0.880. The van der Waals surface area contributed by atoms with E-state index in [2.05, 4.69) is 35.1 Å². The Labute approximate surface area is 115 Å². The lowest BCUT2D eigenvalue weighted by Gasteiger charge is -2.24. The minimum atomic E-state index is -0.158. The molecule has 1 aliphatic rings. The van der Waals surface area contributed by atoms with E-state index in [1.807, 2.05) is 17.8 Å². The molecule has 0 radical (unpaired) electrons. The topological polar surface area (TPSA) is 12.0 Å². The number of fused-ring (bicyclic) bond motifs is 1. The molecule has 1 heterocycles. The fourth-order valence-electron chi connectivity index (χ4n) is 2.33. The lowest BCUT2D eigenvalue weighted by atomic mass is 9.92. The van der Waals surface area contributed by atoms with E-state index in [0.29, 0.717) is 16.4 Å². The van der Waals surface area contributed by atoms with Crippen molar-refractivity contribution >= 4 is 27.7 Å². The summed E-state index contributed by atoms with van der Waals surface area (Å²) in [4.78, 5) is 0. The van der Waals surface area contributed by atoms with Crippen LogP contribution in [0.5, 0.6) is 0 Å². The van der Waals surface area contributed by atoms with Gasteiger partial charge < -0.3 is 5.32 Å². The van der Waals surface area contributed by atoms with Crippen LogP contribution >= 0.6 is 27.7 Å². The van der Waals surface area contributed by atoms with Crippen LogP contribution in [0, 0.1) is 11.7 Å². The van der Waals surface area contributed by atoms with Crippen molar-refractivity contribution in [3.05, 3.63) is 33.5 Å². The number of thioether (sulfide) groups is 1. The van der Waals surface area contributed by atoms with Crippen LogP contribution < -0.4 is 5.32 Å². The first kappa shape index (κ1) is 13.4. The zero-order valence-corrected chi connectivity index (χ0v) is 12.5. The monoisotopic (exact) mass is 317 g/mol. The highest BCUT2D eigenvalue weighted by Gasteiger charge is 2.26. The fourth-order valence-corrected chi connectivity index (χ4v) is 4.21. The highest BCUT2D eigenvalue weighted by atomic mass is 79.9. The second-order valence-electron chi connectivity index (χ2n) is 4.46. The molecule has 94 valence electrons. The molecule has 1 aromatic carbocycles. The SMILES string of the molecule is CCNC1c2ccc(F)c(Br)c2CSCC1C. The predicted octanol–water partition coefficient (Wildman–Crippen LogP) is 4.12. The molecule has 1 nitrogen and oxygen atoms in total. The van der Waals surface area contributed by atoms with E-state index >= 15 is 0 Å². The first-order valence-electron chi connectivity index (χ1n) is 5.93. The van der Waals surface area contributed by atoms with Crippen LogP contribution in [0.25, 0.3) is 0 Å². The Morgan fingerprint density at radius 1 is 1.53 bits per heavy atom. The molecule has 0 amide bonds. The molecule has 0 aromatic heterocycles. The van der Waals surface area contributed by atoms with Crippen LogP contribution in [0.1, 0.15) is 31.0 Å². The molecule has 1 N–H and O–H groups in total. The van der Waals surface area contributed by atoms with E-state index in [0.717, 1.165) is 23.6 Å². The largest absolute Gasteiger partial charge is 0.310 e. The molecule has 2 rings (SSSR count). The van der Waals surface area contributed by atoms with Gasteiger partial charge in [0, 0.05) is 11.8 Å². The zero-order valence-electron chi connectivity index (χ0n) is 10.1. The second kappa shape index (κ2) is 5.72. The molecule has 1 aliphatic heterocycles. The lowest BCUT2D eigenvalue weighted by Crippen LogP contribution is -2.27. The molecular weight excluding hydrogens is 301 g/mol. The Bertz CT molecular complexity index is 411. The Morgan fingerprint density at radius 3 is 3.00 bits per heavy atom. The minimum Gasteiger partial charge on any atom is -0.310 e. The van der Waals surface area contributed by atoms with Gasteiger partial charge >= 0.3 is 0 Å². The van der Waals surface area contributed by atoms with Gasteiger partial charge in [-0.05, 0) is 51.3 Å². The van der Waals surface area contributed by atoms with E-state index in [1.54, 1.807) is 6.07 Å². The summed E-state index contributed by atoms with van der Waals surface area (Å²) in [7, 11) is 0. The van der Waals surface area contributed by atoms with Crippen molar-refractivity contribution in [2.45, 2.75) is 25.6 Å². The molecule has 0 saturated carbocycles. The summed E-state index contributed by atoms with van der Waals surface area (Å²) < 4.78 is 14.2. The van der Waals surface area contributed by atoms with Gasteiger partial charge in [-0.15, -0.1) is 0 Å². The van der Waals surface area contributed by atoms with Gasteiger partial charge in [0.25, 0.3) is 0 Å². The van der Waals surface area contributed by atoms with Gasteiger partial charge in [-0.1, -0.05) is 19.9 Å². The van der Waals surface area contributed by atoms with E-state index in [4.69, 9.17) is 0 Å². The minimum absolute atomic E-state index is 0.158. The van der Waals surface area contributed by atoms with Crippen molar-refractivity contribution < 1.29 is 4.39 Å². The van der Waals surface area contributed by atoms with Gasteiger partial charge in [-0.2, -0.15) is 11.8 Å². The van der Waals surface area contributed by atoms with Crippen LogP contribution in [0.4, 0.5) is 4.39 Å². The van der Waals surface area contributed by atoms with Crippen molar-refractivity contribution in [2.75, 3.05) is 12.3 Å². The van der Waals surface area contributed by atoms with Gasteiger partial charge in [0.2, 0.25) is 0 Å². The molecular formula is C13H17BrFNS. The summed E-state index contributed by atoms with van der Waals surface area (Å²) >= 11 is 5.27. The number of hydrogen-bond acceptors (Lipinski definition) is 2. The third kappa shape index (κ3) is 2.69. The maximum absolute atomic E-state index is 13.6. The zero-order chi connectivity index (χ0) is 12.4. The third-order valence-corrected chi connectivity index (χ3v) is 5.30. The number of nitrogens with one attached hydrogen (secondary N) is 1. The first-order chi connectivity index (χ1) is 8.15. The second-order valence-corrected chi connectivity index (χ2v) is 6.28. The fraction of sp³-hybridized carbons (Fsp3) is 0.538. The highest BCUT2D eigenvalue weighted by molar-refractivity contribution is 9.10. The van der Waals surface area contributed by atoms with Crippen LogP contribution in [-0.2, 0) is 5.75 Å². The summed E-state index contributed by atoms with van der Waals surface area (Å²) in [6, 6.07) is 3.84. The van der Waals surface area contributed by atoms with Crippen molar-refractivity contribution in [3.63, 3.8) is 0 Å². The number of rotatable bonds is 2. The van der Waals surface area contributed by atoms with E-state index < -0.39 is 0 Å². The summed E-state index contributed by atoms with van der Waals surface area (Å²) in [5.74, 6) is 2.41. The smallest absolute Gasteiger partial charge is 0.137 e. The maximum Gasteiger partial charge on any atom is 0.137 e. The number of benzene rings is 1. The Hall–Kier alpha value is -0.0600. The molecule has 0 saturated heterocycles. The molecule has 0 fully saturated rings. The van der Waals surface area contributed by atoms with Crippen LogP contribution in [0.2, 0.25) is 0 Å². The molecule has 2 unspecified atom stereocenters. The maximum atomic E-state index is 13.6. The van der Waals surface area contributed by atoms with Gasteiger partial charge in [0.05, 0.1) is 4.47 Å². The van der Waals surface area contributed by atoms with Crippen LogP contribution in [-0.4, -0.2) is 12.3 Å². The van der Waals surface area contributed by atoms with E-state index in [1.165, 1.54) is 5.56 Å². The lowest BCUT2D eigenvalue weighted by molar-refractivity contribution is 0.427. The van der Waals surface area contributed by atoms with Crippen molar-refractivity contribution in [2.24, 2.45) is 5.92 Å². The Kier molecular flexibility index (Phi) is 4.50. The van der Waals surface area contributed by atoms with Gasteiger partial charge in [0.15, 0.2) is 0 Å². The van der Waals surface area contributed by atoms with E-state index in [-0.39, 0.29) is 5.82 Å². The standard InChI is InChI=1S/C13H17BrFNS/c1-3-16-13-8(2)6-17-7-10-9(13)4-5-11(15)12(10)14/h4-5,8,13,16H,3,6-7H2,1-2H3. The normalized spacial score (nSPS) is 24.2. The summed E-state index contributed by atoms with van der Waals surface area (Å²) in [6.45, 7) is 5.31. The molecule has 4 heteroatoms. The molecule has 0 bridgehead atoms.